The highest BCUT2D eigenvalue weighted by atomic mass is 16.1. The fourth-order valence-corrected chi connectivity index (χ4v) is 1.94. The standard InChI is InChI=1S/C15H26N4O/c1-4-17-15(20)13-8-7-12(16)11-14(13)18-9-5-6-10-19(2)3/h7-8,11,18H,4-6,9-10,16H2,1-3H3,(H,17,20). The molecule has 20 heavy (non-hydrogen) atoms. The minimum atomic E-state index is -0.0664. The number of nitrogens with one attached hydrogen (secondary N) is 2. The van der Waals surface area contributed by atoms with Gasteiger partial charge in [0.1, 0.15) is 0 Å². The Morgan fingerprint density at radius 1 is 1.30 bits per heavy atom. The predicted molar refractivity (Wildman–Crippen MR) is 85.1 cm³/mol. The molecule has 0 aliphatic heterocycles. The van der Waals surface area contributed by atoms with Gasteiger partial charge in [-0.3, -0.25) is 4.79 Å². The lowest BCUT2D eigenvalue weighted by Gasteiger charge is -2.13. The van der Waals surface area contributed by atoms with Crippen LogP contribution in [0.15, 0.2) is 18.2 Å². The van der Waals surface area contributed by atoms with Crippen molar-refractivity contribution in [3.05, 3.63) is 23.8 Å². The molecule has 0 unspecified atom stereocenters. The molecule has 0 atom stereocenters. The Balaban J connectivity index is 2.58. The maximum absolute atomic E-state index is 12.0. The number of anilines is 2. The zero-order valence-corrected chi connectivity index (χ0v) is 12.7. The van der Waals surface area contributed by atoms with Crippen molar-refractivity contribution in [2.24, 2.45) is 0 Å². The number of rotatable bonds is 8. The second-order valence-electron chi connectivity index (χ2n) is 5.10. The minimum Gasteiger partial charge on any atom is -0.399 e. The number of unbranched alkanes of at least 4 members (excludes halogenated alkanes) is 1. The average Bonchev–Trinajstić information content (AvgIpc) is 2.38. The monoisotopic (exact) mass is 278 g/mol. The summed E-state index contributed by atoms with van der Waals surface area (Å²) in [6.45, 7) is 4.43. The summed E-state index contributed by atoms with van der Waals surface area (Å²) < 4.78 is 0. The quantitative estimate of drug-likeness (QED) is 0.501. The third kappa shape index (κ3) is 5.48. The van der Waals surface area contributed by atoms with E-state index < -0.39 is 0 Å². The first-order chi connectivity index (χ1) is 9.54. The molecule has 1 amide bonds. The molecule has 0 aliphatic rings. The van der Waals surface area contributed by atoms with Crippen LogP contribution in [0.1, 0.15) is 30.1 Å². The lowest BCUT2D eigenvalue weighted by molar-refractivity contribution is 0.0956. The van der Waals surface area contributed by atoms with Crippen LogP contribution in [0.5, 0.6) is 0 Å². The Bertz CT molecular complexity index is 432. The smallest absolute Gasteiger partial charge is 0.253 e. The molecule has 0 fully saturated rings. The number of hydrogen-bond donors (Lipinski definition) is 3. The Hall–Kier alpha value is -1.75. The molecule has 0 aromatic heterocycles. The van der Waals surface area contributed by atoms with E-state index in [1.165, 1.54) is 0 Å². The lowest BCUT2D eigenvalue weighted by Crippen LogP contribution is -2.24. The average molecular weight is 278 g/mol. The van der Waals surface area contributed by atoms with Gasteiger partial charge in [0.05, 0.1) is 5.56 Å². The van der Waals surface area contributed by atoms with Gasteiger partial charge in [0.25, 0.3) is 5.91 Å². The van der Waals surface area contributed by atoms with Crippen molar-refractivity contribution < 1.29 is 4.79 Å². The number of nitrogens with two attached hydrogens (primary N) is 1. The first-order valence-corrected chi connectivity index (χ1v) is 7.11. The van der Waals surface area contributed by atoms with Crippen LogP contribution in [0.3, 0.4) is 0 Å². The molecule has 5 nitrogen and oxygen atoms in total. The van der Waals surface area contributed by atoms with E-state index in [2.05, 4.69) is 29.6 Å². The molecule has 0 bridgehead atoms. The van der Waals surface area contributed by atoms with Crippen molar-refractivity contribution >= 4 is 17.3 Å². The Morgan fingerprint density at radius 2 is 2.05 bits per heavy atom. The van der Waals surface area contributed by atoms with Crippen LogP contribution >= 0.6 is 0 Å². The summed E-state index contributed by atoms with van der Waals surface area (Å²) in [4.78, 5) is 14.1. The van der Waals surface area contributed by atoms with Crippen LogP contribution in [-0.4, -0.2) is 44.5 Å². The van der Waals surface area contributed by atoms with E-state index in [4.69, 9.17) is 5.73 Å². The van der Waals surface area contributed by atoms with Crippen LogP contribution in [0.4, 0.5) is 11.4 Å². The van der Waals surface area contributed by atoms with Gasteiger partial charge >= 0.3 is 0 Å². The highest BCUT2D eigenvalue weighted by molar-refractivity contribution is 6.00. The number of hydrogen-bond acceptors (Lipinski definition) is 4. The molecular weight excluding hydrogens is 252 g/mol. The summed E-state index contributed by atoms with van der Waals surface area (Å²) in [5, 5.41) is 6.12. The van der Waals surface area contributed by atoms with E-state index in [0.29, 0.717) is 17.8 Å². The summed E-state index contributed by atoms with van der Waals surface area (Å²) in [7, 11) is 4.14. The molecule has 0 saturated carbocycles. The first-order valence-electron chi connectivity index (χ1n) is 7.11. The molecule has 1 aromatic rings. The van der Waals surface area contributed by atoms with Gasteiger partial charge < -0.3 is 21.3 Å². The van der Waals surface area contributed by atoms with Crippen LogP contribution in [0.25, 0.3) is 0 Å². The molecule has 1 rings (SSSR count). The number of benzene rings is 1. The van der Waals surface area contributed by atoms with Gasteiger partial charge in [-0.1, -0.05) is 0 Å². The zero-order valence-electron chi connectivity index (χ0n) is 12.7. The van der Waals surface area contributed by atoms with Gasteiger partial charge in [0.2, 0.25) is 0 Å². The molecule has 5 heteroatoms. The van der Waals surface area contributed by atoms with E-state index in [0.717, 1.165) is 31.6 Å². The van der Waals surface area contributed by atoms with E-state index >= 15 is 0 Å². The SMILES string of the molecule is CCNC(=O)c1ccc(N)cc1NCCCCN(C)C. The molecule has 0 saturated heterocycles. The third-order valence-corrected chi connectivity index (χ3v) is 2.97. The molecule has 0 radical (unpaired) electrons. The van der Waals surface area contributed by atoms with Gasteiger partial charge in [-0.2, -0.15) is 0 Å². The van der Waals surface area contributed by atoms with Gasteiger partial charge in [-0.05, 0) is 58.6 Å². The Morgan fingerprint density at radius 3 is 2.70 bits per heavy atom. The predicted octanol–water partition coefficient (Wildman–Crippen LogP) is 1.77. The summed E-state index contributed by atoms with van der Waals surface area (Å²) in [5.41, 5.74) is 7.91. The first kappa shape index (κ1) is 16.3. The molecule has 112 valence electrons. The normalized spacial score (nSPS) is 10.6. The van der Waals surface area contributed by atoms with Crippen LogP contribution in [0, 0.1) is 0 Å². The second kappa shape index (κ2) is 8.43. The van der Waals surface area contributed by atoms with E-state index in [-0.39, 0.29) is 5.91 Å². The van der Waals surface area contributed by atoms with Crippen LogP contribution in [-0.2, 0) is 0 Å². The number of carbonyl (C=O) groups excluding carboxylic acids is 1. The Labute approximate surface area is 121 Å². The minimum absolute atomic E-state index is 0.0664. The molecule has 0 spiro atoms. The summed E-state index contributed by atoms with van der Waals surface area (Å²) >= 11 is 0. The number of amides is 1. The molecule has 0 aliphatic carbocycles. The zero-order chi connectivity index (χ0) is 15.0. The largest absolute Gasteiger partial charge is 0.399 e. The van der Waals surface area contributed by atoms with Gasteiger partial charge in [-0.15, -0.1) is 0 Å². The molecule has 0 heterocycles. The van der Waals surface area contributed by atoms with Crippen molar-refractivity contribution in [1.82, 2.24) is 10.2 Å². The summed E-state index contributed by atoms with van der Waals surface area (Å²) in [5.74, 6) is -0.0664. The maximum atomic E-state index is 12.0. The Kier molecular flexibility index (Phi) is 6.87. The van der Waals surface area contributed by atoms with Gasteiger partial charge in [-0.25, -0.2) is 0 Å². The van der Waals surface area contributed by atoms with Crippen LogP contribution in [0.2, 0.25) is 0 Å². The summed E-state index contributed by atoms with van der Waals surface area (Å²) in [6, 6.07) is 5.33. The number of nitrogens with zero attached hydrogens (tertiary/aromatic N) is 1. The van der Waals surface area contributed by atoms with Crippen molar-refractivity contribution in [3.8, 4) is 0 Å². The van der Waals surface area contributed by atoms with Crippen molar-refractivity contribution in [1.29, 1.82) is 0 Å². The number of carbonyl (C=O) groups is 1. The van der Waals surface area contributed by atoms with Crippen LogP contribution < -0.4 is 16.4 Å². The van der Waals surface area contributed by atoms with Crippen molar-refractivity contribution in [2.75, 3.05) is 44.8 Å². The van der Waals surface area contributed by atoms with Crippen molar-refractivity contribution in [2.45, 2.75) is 19.8 Å². The topological polar surface area (TPSA) is 70.4 Å². The maximum Gasteiger partial charge on any atom is 0.253 e. The fraction of sp³-hybridized carbons (Fsp3) is 0.533. The highest BCUT2D eigenvalue weighted by Gasteiger charge is 2.10. The molecular formula is C15H26N4O. The van der Waals surface area contributed by atoms with E-state index in [1.807, 2.05) is 13.0 Å². The summed E-state index contributed by atoms with van der Waals surface area (Å²) in [6.07, 6.45) is 2.18. The highest BCUT2D eigenvalue weighted by Crippen LogP contribution is 2.19. The second-order valence-corrected chi connectivity index (χ2v) is 5.10. The lowest BCUT2D eigenvalue weighted by atomic mass is 10.1. The van der Waals surface area contributed by atoms with E-state index in [1.54, 1.807) is 12.1 Å². The van der Waals surface area contributed by atoms with Crippen molar-refractivity contribution in [3.63, 3.8) is 0 Å². The molecule has 4 N–H and O–H groups in total. The van der Waals surface area contributed by atoms with Gasteiger partial charge in [0.15, 0.2) is 0 Å². The number of nitrogen functional groups attached to an aromatic ring is 1. The third-order valence-electron chi connectivity index (χ3n) is 2.97. The fourth-order valence-electron chi connectivity index (χ4n) is 1.94. The van der Waals surface area contributed by atoms with E-state index in [9.17, 15) is 4.79 Å². The molecule has 1 aromatic carbocycles. The van der Waals surface area contributed by atoms with Gasteiger partial charge in [0, 0.05) is 24.5 Å².